The minimum atomic E-state index is -0.568. The van der Waals surface area contributed by atoms with Gasteiger partial charge in [-0.3, -0.25) is 9.59 Å². The first-order valence-corrected chi connectivity index (χ1v) is 6.75. The number of hydrogen-bond donors (Lipinski definition) is 0. The molecule has 6 heteroatoms. The largest absolute Gasteiger partial charge is 0.351 e. The van der Waals surface area contributed by atoms with Crippen LogP contribution in [0.25, 0.3) is 0 Å². The Balaban J connectivity index is 1.81. The SMILES string of the molecule is CC1(C)CC2(C=C(C#N)C1=O)CN(C(=O)c1ccno1)C2. The number of nitrogens with zero attached hydrogens (tertiary/aromatic N) is 3. The number of amides is 1. The summed E-state index contributed by atoms with van der Waals surface area (Å²) in [6, 6.07) is 3.51. The van der Waals surface area contributed by atoms with Crippen LogP contribution < -0.4 is 0 Å². The zero-order valence-electron chi connectivity index (χ0n) is 11.9. The molecule has 0 saturated carbocycles. The number of carbonyl (C=O) groups excluding carboxylic acids is 2. The van der Waals surface area contributed by atoms with Gasteiger partial charge in [-0.15, -0.1) is 0 Å². The first-order chi connectivity index (χ1) is 9.87. The van der Waals surface area contributed by atoms with Gasteiger partial charge in [0, 0.05) is 30.0 Å². The quantitative estimate of drug-likeness (QED) is 0.781. The fraction of sp³-hybridized carbons (Fsp3) is 0.467. The van der Waals surface area contributed by atoms with E-state index in [0.29, 0.717) is 19.5 Å². The van der Waals surface area contributed by atoms with Crippen molar-refractivity contribution >= 4 is 11.7 Å². The van der Waals surface area contributed by atoms with E-state index in [2.05, 4.69) is 5.16 Å². The summed E-state index contributed by atoms with van der Waals surface area (Å²) in [4.78, 5) is 25.9. The Morgan fingerprint density at radius 2 is 2.19 bits per heavy atom. The molecule has 1 fully saturated rings. The highest BCUT2D eigenvalue weighted by molar-refractivity contribution is 6.04. The maximum absolute atomic E-state index is 12.1. The van der Waals surface area contributed by atoms with Crippen molar-refractivity contribution in [3.8, 4) is 6.07 Å². The van der Waals surface area contributed by atoms with Gasteiger partial charge in [0.1, 0.15) is 6.07 Å². The van der Waals surface area contributed by atoms with E-state index in [-0.39, 0.29) is 28.4 Å². The molecule has 2 aliphatic rings. The van der Waals surface area contributed by atoms with Crippen molar-refractivity contribution in [2.45, 2.75) is 20.3 Å². The van der Waals surface area contributed by atoms with Crippen LogP contribution in [0.4, 0.5) is 0 Å². The van der Waals surface area contributed by atoms with Crippen LogP contribution in [0.2, 0.25) is 0 Å². The Bertz CT molecular complexity index is 674. The maximum atomic E-state index is 12.1. The summed E-state index contributed by atoms with van der Waals surface area (Å²) < 4.78 is 4.87. The van der Waals surface area contributed by atoms with Crippen molar-refractivity contribution in [2.75, 3.05) is 13.1 Å². The molecule has 1 aromatic heterocycles. The highest BCUT2D eigenvalue weighted by atomic mass is 16.5. The summed E-state index contributed by atoms with van der Waals surface area (Å²) in [7, 11) is 0. The molecule has 1 aromatic rings. The summed E-state index contributed by atoms with van der Waals surface area (Å²) in [6.45, 7) is 4.69. The van der Waals surface area contributed by atoms with Crippen LogP contribution in [-0.2, 0) is 4.79 Å². The van der Waals surface area contributed by atoms with Crippen LogP contribution in [0, 0.1) is 22.2 Å². The second-order valence-corrected chi connectivity index (χ2v) is 6.46. The molecule has 1 amide bonds. The van der Waals surface area contributed by atoms with Crippen LogP contribution in [0.3, 0.4) is 0 Å². The van der Waals surface area contributed by atoms with E-state index in [0.717, 1.165) is 0 Å². The van der Waals surface area contributed by atoms with Crippen LogP contribution in [-0.4, -0.2) is 34.8 Å². The third-order valence-electron chi connectivity index (χ3n) is 4.17. The monoisotopic (exact) mass is 285 g/mol. The summed E-state index contributed by atoms with van der Waals surface area (Å²) >= 11 is 0. The molecule has 1 saturated heterocycles. The Hall–Kier alpha value is -2.42. The number of aromatic nitrogens is 1. The summed E-state index contributed by atoms with van der Waals surface area (Å²) in [6.07, 6.45) is 3.81. The van der Waals surface area contributed by atoms with Gasteiger partial charge in [-0.25, -0.2) is 0 Å². The topological polar surface area (TPSA) is 87.2 Å². The Labute approximate surface area is 122 Å². The molecule has 0 atom stereocenters. The number of rotatable bonds is 1. The van der Waals surface area contributed by atoms with Gasteiger partial charge in [0.25, 0.3) is 5.91 Å². The lowest BCUT2D eigenvalue weighted by Gasteiger charge is -2.52. The van der Waals surface area contributed by atoms with Gasteiger partial charge < -0.3 is 9.42 Å². The molecule has 1 spiro atoms. The van der Waals surface area contributed by atoms with Crippen LogP contribution in [0.15, 0.2) is 28.4 Å². The average molecular weight is 285 g/mol. The number of hydrogen-bond acceptors (Lipinski definition) is 5. The molecule has 0 radical (unpaired) electrons. The molecular formula is C15H15N3O3. The first kappa shape index (κ1) is 13.6. The Morgan fingerprint density at radius 3 is 2.76 bits per heavy atom. The van der Waals surface area contributed by atoms with Crippen molar-refractivity contribution in [1.82, 2.24) is 10.1 Å². The van der Waals surface area contributed by atoms with Gasteiger partial charge in [0.05, 0.1) is 11.8 Å². The third kappa shape index (κ3) is 2.05. The van der Waals surface area contributed by atoms with E-state index in [1.54, 1.807) is 11.0 Å². The second-order valence-electron chi connectivity index (χ2n) is 6.46. The molecule has 0 aromatic carbocycles. The lowest BCUT2D eigenvalue weighted by atomic mass is 9.61. The molecule has 21 heavy (non-hydrogen) atoms. The predicted octanol–water partition coefficient (Wildman–Crippen LogP) is 1.57. The lowest BCUT2D eigenvalue weighted by Crippen LogP contribution is -2.60. The molecule has 0 N–H and O–H groups in total. The van der Waals surface area contributed by atoms with E-state index in [1.807, 2.05) is 19.9 Å². The summed E-state index contributed by atoms with van der Waals surface area (Å²) in [5.41, 5.74) is -0.641. The molecular weight excluding hydrogens is 270 g/mol. The highest BCUT2D eigenvalue weighted by Crippen LogP contribution is 2.48. The molecule has 0 unspecified atom stereocenters. The fourth-order valence-corrected chi connectivity index (χ4v) is 3.37. The normalized spacial score (nSPS) is 22.4. The number of allylic oxidation sites excluding steroid dienone is 1. The van der Waals surface area contributed by atoms with Gasteiger partial charge in [-0.2, -0.15) is 5.26 Å². The average Bonchev–Trinajstić information content (AvgIpc) is 2.92. The zero-order chi connectivity index (χ0) is 15.3. The van der Waals surface area contributed by atoms with Gasteiger partial charge in [-0.05, 0) is 6.42 Å². The van der Waals surface area contributed by atoms with Crippen LogP contribution >= 0.6 is 0 Å². The van der Waals surface area contributed by atoms with E-state index in [4.69, 9.17) is 9.78 Å². The summed E-state index contributed by atoms with van der Waals surface area (Å²) in [5.74, 6) is -0.115. The van der Waals surface area contributed by atoms with E-state index in [9.17, 15) is 9.59 Å². The van der Waals surface area contributed by atoms with Crippen molar-refractivity contribution < 1.29 is 14.1 Å². The van der Waals surface area contributed by atoms with Crippen molar-refractivity contribution in [3.63, 3.8) is 0 Å². The molecule has 108 valence electrons. The zero-order valence-corrected chi connectivity index (χ0v) is 11.9. The molecule has 1 aliphatic carbocycles. The van der Waals surface area contributed by atoms with Crippen molar-refractivity contribution in [2.24, 2.45) is 10.8 Å². The molecule has 3 rings (SSSR count). The third-order valence-corrected chi connectivity index (χ3v) is 4.17. The minimum absolute atomic E-state index is 0.115. The minimum Gasteiger partial charge on any atom is -0.351 e. The second kappa shape index (κ2) is 4.29. The van der Waals surface area contributed by atoms with Crippen LogP contribution in [0.5, 0.6) is 0 Å². The number of nitriles is 1. The Kier molecular flexibility index (Phi) is 2.77. The van der Waals surface area contributed by atoms with E-state index < -0.39 is 5.41 Å². The van der Waals surface area contributed by atoms with E-state index >= 15 is 0 Å². The van der Waals surface area contributed by atoms with Gasteiger partial charge in [-0.1, -0.05) is 25.1 Å². The van der Waals surface area contributed by atoms with Gasteiger partial charge in [0.2, 0.25) is 5.76 Å². The lowest BCUT2D eigenvalue weighted by molar-refractivity contribution is -0.127. The smallest absolute Gasteiger partial charge is 0.292 e. The van der Waals surface area contributed by atoms with Crippen LogP contribution in [0.1, 0.15) is 30.8 Å². The van der Waals surface area contributed by atoms with Gasteiger partial charge >= 0.3 is 0 Å². The highest BCUT2D eigenvalue weighted by Gasteiger charge is 2.52. The Morgan fingerprint density at radius 1 is 1.48 bits per heavy atom. The number of carbonyl (C=O) groups is 2. The van der Waals surface area contributed by atoms with Gasteiger partial charge in [0.15, 0.2) is 5.78 Å². The first-order valence-electron chi connectivity index (χ1n) is 6.75. The molecule has 0 bridgehead atoms. The molecule has 6 nitrogen and oxygen atoms in total. The molecule has 2 heterocycles. The predicted molar refractivity (Wildman–Crippen MR) is 71.9 cm³/mol. The number of Topliss-reactive ketones (excluding diaryl/α,β-unsaturated/α-hetero) is 1. The molecule has 1 aliphatic heterocycles. The number of ketones is 1. The maximum Gasteiger partial charge on any atom is 0.292 e. The van der Waals surface area contributed by atoms with Crippen molar-refractivity contribution in [1.29, 1.82) is 5.26 Å². The summed E-state index contributed by atoms with van der Waals surface area (Å²) in [5, 5.41) is 12.7. The fourth-order valence-electron chi connectivity index (χ4n) is 3.37. The van der Waals surface area contributed by atoms with Crippen molar-refractivity contribution in [3.05, 3.63) is 29.7 Å². The standard InChI is InChI=1S/C15H15N3O3/c1-14(2)7-15(5-10(6-16)12(14)19)8-18(9-15)13(20)11-3-4-17-21-11/h3-5H,7-9H2,1-2H3. The number of likely N-dealkylation sites (tertiary alicyclic amines) is 1. The van der Waals surface area contributed by atoms with E-state index in [1.165, 1.54) is 12.3 Å².